The molecule has 1 aliphatic rings. The van der Waals surface area contributed by atoms with Gasteiger partial charge in [0.05, 0.1) is 0 Å². The fraction of sp³-hybridized carbons (Fsp3) is 0.667. The van der Waals surface area contributed by atoms with Gasteiger partial charge in [-0.05, 0) is 43.9 Å². The molecule has 0 bridgehead atoms. The van der Waals surface area contributed by atoms with Crippen LogP contribution in [0.5, 0.6) is 0 Å². The molecule has 1 aliphatic carbocycles. The van der Waals surface area contributed by atoms with Crippen LogP contribution in [0.2, 0.25) is 0 Å². The quantitative estimate of drug-likeness (QED) is 0.767. The van der Waals surface area contributed by atoms with Gasteiger partial charge in [0, 0.05) is 23.7 Å². The summed E-state index contributed by atoms with van der Waals surface area (Å²) >= 11 is 0. The second-order valence-corrected chi connectivity index (χ2v) is 7.97. The first-order valence-electron chi connectivity index (χ1n) is 7.84. The number of carbonyl (C=O) groups excluding carboxylic acids is 2. The van der Waals surface area contributed by atoms with Gasteiger partial charge >= 0.3 is 0 Å². The minimum atomic E-state index is -0.105. The van der Waals surface area contributed by atoms with Crippen LogP contribution in [0.1, 0.15) is 53.9 Å². The monoisotopic (exact) mass is 306 g/mol. The normalized spacial score (nSPS) is 26.9. The van der Waals surface area contributed by atoms with E-state index in [0.717, 1.165) is 19.3 Å². The van der Waals surface area contributed by atoms with Gasteiger partial charge < -0.3 is 10.6 Å². The molecule has 2 amide bonds. The Hall–Kier alpha value is -1.58. The second-order valence-electron chi connectivity index (χ2n) is 7.97. The van der Waals surface area contributed by atoms with Gasteiger partial charge in [0.1, 0.15) is 0 Å². The standard InChI is InChI=1S/C18H30N2O2/c1-12(2)15(21)19-11-18(7)9-14(8-17(5,6)10-18)20-16(22)13(3)4/h14H,1,3,8-11H2,2,4-7H3,(H,19,21)(H,20,22). The van der Waals surface area contributed by atoms with Crippen LogP contribution in [-0.2, 0) is 9.59 Å². The third kappa shape index (κ3) is 5.32. The Morgan fingerprint density at radius 1 is 1.05 bits per heavy atom. The number of nitrogens with one attached hydrogen (secondary N) is 2. The Balaban J connectivity index is 2.77. The second kappa shape index (κ2) is 6.67. The van der Waals surface area contributed by atoms with Crippen LogP contribution in [0.4, 0.5) is 0 Å². The van der Waals surface area contributed by atoms with Crippen molar-refractivity contribution in [2.45, 2.75) is 59.9 Å². The molecule has 0 spiro atoms. The topological polar surface area (TPSA) is 58.2 Å². The maximum Gasteiger partial charge on any atom is 0.246 e. The van der Waals surface area contributed by atoms with E-state index in [9.17, 15) is 9.59 Å². The Kier molecular flexibility index (Phi) is 5.60. The summed E-state index contributed by atoms with van der Waals surface area (Å²) in [7, 11) is 0. The van der Waals surface area contributed by atoms with E-state index in [4.69, 9.17) is 0 Å². The lowest BCUT2D eigenvalue weighted by Gasteiger charge is -2.47. The average molecular weight is 306 g/mol. The molecule has 22 heavy (non-hydrogen) atoms. The SMILES string of the molecule is C=C(C)C(=O)NCC1(C)CC(NC(=O)C(=C)C)CC(C)(C)C1. The number of hydrogen-bond acceptors (Lipinski definition) is 2. The largest absolute Gasteiger partial charge is 0.352 e. The molecule has 2 unspecified atom stereocenters. The van der Waals surface area contributed by atoms with Crippen LogP contribution in [-0.4, -0.2) is 24.4 Å². The molecule has 1 saturated carbocycles. The van der Waals surface area contributed by atoms with Gasteiger partial charge in [0.15, 0.2) is 0 Å². The van der Waals surface area contributed by atoms with Crippen molar-refractivity contribution in [1.29, 1.82) is 0 Å². The molecule has 2 N–H and O–H groups in total. The van der Waals surface area contributed by atoms with E-state index < -0.39 is 0 Å². The molecule has 1 fully saturated rings. The van der Waals surface area contributed by atoms with Crippen molar-refractivity contribution < 1.29 is 9.59 Å². The Morgan fingerprint density at radius 2 is 1.59 bits per heavy atom. The van der Waals surface area contributed by atoms with Crippen LogP contribution >= 0.6 is 0 Å². The maximum atomic E-state index is 11.9. The number of amides is 2. The highest BCUT2D eigenvalue weighted by molar-refractivity contribution is 5.92. The summed E-state index contributed by atoms with van der Waals surface area (Å²) in [5.74, 6) is -0.192. The van der Waals surface area contributed by atoms with Crippen LogP contribution in [0.25, 0.3) is 0 Å². The summed E-state index contributed by atoms with van der Waals surface area (Å²) in [4.78, 5) is 23.6. The van der Waals surface area contributed by atoms with E-state index in [1.165, 1.54) is 0 Å². The predicted octanol–water partition coefficient (Wildman–Crippen LogP) is 2.96. The first-order valence-corrected chi connectivity index (χ1v) is 7.84. The van der Waals surface area contributed by atoms with E-state index in [1.54, 1.807) is 13.8 Å². The summed E-state index contributed by atoms with van der Waals surface area (Å²) < 4.78 is 0. The predicted molar refractivity (Wildman–Crippen MR) is 90.3 cm³/mol. The average Bonchev–Trinajstić information content (AvgIpc) is 2.33. The molecule has 0 radical (unpaired) electrons. The molecule has 2 atom stereocenters. The van der Waals surface area contributed by atoms with Gasteiger partial charge in [0.25, 0.3) is 0 Å². The number of hydrogen-bond donors (Lipinski definition) is 2. The Labute approximate surface area is 134 Å². The van der Waals surface area contributed by atoms with Crippen LogP contribution < -0.4 is 10.6 Å². The van der Waals surface area contributed by atoms with Gasteiger partial charge in [-0.2, -0.15) is 0 Å². The molecule has 4 heteroatoms. The lowest BCUT2D eigenvalue weighted by atomic mass is 9.62. The van der Waals surface area contributed by atoms with Gasteiger partial charge in [-0.25, -0.2) is 0 Å². The lowest BCUT2D eigenvalue weighted by molar-refractivity contribution is -0.120. The zero-order valence-electron chi connectivity index (χ0n) is 14.6. The van der Waals surface area contributed by atoms with E-state index in [0.29, 0.717) is 17.7 Å². The van der Waals surface area contributed by atoms with E-state index in [-0.39, 0.29) is 28.7 Å². The number of rotatable bonds is 5. The minimum absolute atomic E-state index is 0.0418. The van der Waals surface area contributed by atoms with Gasteiger partial charge in [-0.1, -0.05) is 33.9 Å². The molecule has 0 aromatic rings. The fourth-order valence-electron chi connectivity index (χ4n) is 3.62. The maximum absolute atomic E-state index is 11.9. The molecular formula is C18H30N2O2. The highest BCUT2D eigenvalue weighted by atomic mass is 16.2. The number of carbonyl (C=O) groups is 2. The summed E-state index contributed by atoms with van der Waals surface area (Å²) in [6, 6.07) is 0.111. The Bertz CT molecular complexity index is 493. The molecule has 0 aromatic heterocycles. The molecule has 0 saturated heterocycles. The highest BCUT2D eigenvalue weighted by Gasteiger charge is 2.41. The van der Waals surface area contributed by atoms with Crippen LogP contribution in [0.15, 0.2) is 24.3 Å². The lowest BCUT2D eigenvalue weighted by Crippen LogP contribution is -2.50. The van der Waals surface area contributed by atoms with Crippen LogP contribution in [0.3, 0.4) is 0 Å². The van der Waals surface area contributed by atoms with Gasteiger partial charge in [-0.3, -0.25) is 9.59 Å². The summed E-state index contributed by atoms with van der Waals surface area (Å²) in [5.41, 5.74) is 1.12. The van der Waals surface area contributed by atoms with Gasteiger partial charge in [0.2, 0.25) is 11.8 Å². The molecule has 0 aliphatic heterocycles. The first-order chi connectivity index (χ1) is 9.94. The van der Waals surface area contributed by atoms with Crippen molar-refractivity contribution in [1.82, 2.24) is 10.6 Å². The van der Waals surface area contributed by atoms with Crippen molar-refractivity contribution in [2.75, 3.05) is 6.54 Å². The molecule has 0 heterocycles. The summed E-state index contributed by atoms with van der Waals surface area (Å²) in [6.45, 7) is 18.0. The smallest absolute Gasteiger partial charge is 0.246 e. The van der Waals surface area contributed by atoms with Crippen molar-refractivity contribution >= 4 is 11.8 Å². The molecule has 124 valence electrons. The fourth-order valence-corrected chi connectivity index (χ4v) is 3.62. The zero-order valence-corrected chi connectivity index (χ0v) is 14.6. The minimum Gasteiger partial charge on any atom is -0.352 e. The first kappa shape index (κ1) is 18.5. The summed E-state index contributed by atoms with van der Waals surface area (Å²) in [6.07, 6.45) is 2.80. The third-order valence-corrected chi connectivity index (χ3v) is 4.23. The van der Waals surface area contributed by atoms with Gasteiger partial charge in [-0.15, -0.1) is 0 Å². The van der Waals surface area contributed by atoms with Crippen molar-refractivity contribution in [3.8, 4) is 0 Å². The summed E-state index contributed by atoms with van der Waals surface area (Å²) in [5, 5.41) is 6.03. The molecule has 1 rings (SSSR count). The van der Waals surface area contributed by atoms with Crippen molar-refractivity contribution in [3.05, 3.63) is 24.3 Å². The zero-order chi connectivity index (χ0) is 17.1. The van der Waals surface area contributed by atoms with E-state index in [2.05, 4.69) is 44.6 Å². The highest BCUT2D eigenvalue weighted by Crippen LogP contribution is 2.45. The van der Waals surface area contributed by atoms with Crippen molar-refractivity contribution in [2.24, 2.45) is 10.8 Å². The van der Waals surface area contributed by atoms with E-state index >= 15 is 0 Å². The van der Waals surface area contributed by atoms with Crippen molar-refractivity contribution in [3.63, 3.8) is 0 Å². The molecular weight excluding hydrogens is 276 g/mol. The third-order valence-electron chi connectivity index (χ3n) is 4.23. The molecule has 4 nitrogen and oxygen atoms in total. The Morgan fingerprint density at radius 3 is 2.09 bits per heavy atom. The van der Waals surface area contributed by atoms with E-state index in [1.807, 2.05) is 0 Å². The molecule has 0 aromatic carbocycles. The van der Waals surface area contributed by atoms with Crippen LogP contribution in [0, 0.1) is 10.8 Å².